The monoisotopic (exact) mass is 372 g/mol. The Hall–Kier alpha value is -0.340. The average molecular weight is 373 g/mol. The first-order valence-corrected chi connectivity index (χ1v) is 7.77. The van der Waals surface area contributed by atoms with E-state index >= 15 is 0 Å². The van der Waals surface area contributed by atoms with E-state index < -0.39 is 16.3 Å². The van der Waals surface area contributed by atoms with Gasteiger partial charge in [-0.15, -0.1) is 0 Å². The summed E-state index contributed by atoms with van der Waals surface area (Å²) in [6, 6.07) is 0. The quantitative estimate of drug-likeness (QED) is 0.294. The first-order chi connectivity index (χ1) is 8.77. The van der Waals surface area contributed by atoms with Crippen LogP contribution in [-0.4, -0.2) is 46.2 Å². The maximum absolute atomic E-state index is 11.3. The number of carbonyl (C=O) groups is 2. The number of ether oxygens (including phenoxy) is 3. The second-order valence-electron chi connectivity index (χ2n) is 3.80. The normalized spacial score (nSPS) is 10.7. The molecule has 0 aliphatic carbocycles. The van der Waals surface area contributed by atoms with Crippen molar-refractivity contribution in [1.29, 1.82) is 0 Å². The van der Waals surface area contributed by atoms with Crippen LogP contribution in [-0.2, 0) is 23.8 Å². The molecule has 0 saturated carbocycles. The number of alkyl halides is 1. The number of thioether (sulfide) groups is 1. The van der Waals surface area contributed by atoms with Gasteiger partial charge in [0.25, 0.3) is 0 Å². The summed E-state index contributed by atoms with van der Waals surface area (Å²) in [6.07, 6.45) is 0. The first-order valence-electron chi connectivity index (χ1n) is 5.58. The average Bonchev–Trinajstić information content (AvgIpc) is 2.31. The van der Waals surface area contributed by atoms with Crippen LogP contribution in [0.3, 0.4) is 0 Å². The first kappa shape index (κ1) is 18.7. The number of halogens is 1. The topological polar surface area (TPSA) is 61.8 Å². The molecule has 110 valence electrons. The lowest BCUT2D eigenvalue weighted by molar-refractivity contribution is -0.151. The molecule has 0 aromatic carbocycles. The van der Waals surface area contributed by atoms with Crippen LogP contribution < -0.4 is 0 Å². The minimum absolute atomic E-state index is 0.0234. The van der Waals surface area contributed by atoms with Crippen molar-refractivity contribution in [3.8, 4) is 0 Å². The molecule has 19 heavy (non-hydrogen) atoms. The summed E-state index contributed by atoms with van der Waals surface area (Å²) in [5.41, 5.74) is 0. The van der Waals surface area contributed by atoms with Crippen molar-refractivity contribution in [1.82, 2.24) is 0 Å². The Balaban J connectivity index is 3.65. The fourth-order valence-electron chi connectivity index (χ4n) is 0.781. The van der Waals surface area contributed by atoms with Crippen LogP contribution in [0.15, 0.2) is 0 Å². The maximum Gasteiger partial charge on any atom is 0.322 e. The highest BCUT2D eigenvalue weighted by molar-refractivity contribution is 9.10. The van der Waals surface area contributed by atoms with Gasteiger partial charge in [-0.05, 0) is 33.0 Å². The van der Waals surface area contributed by atoms with Gasteiger partial charge in [0.15, 0.2) is 0 Å². The van der Waals surface area contributed by atoms with Crippen molar-refractivity contribution < 1.29 is 23.8 Å². The lowest BCUT2D eigenvalue weighted by Crippen LogP contribution is -2.28. The maximum atomic E-state index is 11.3. The molecule has 8 heteroatoms. The molecule has 0 fully saturated rings. The van der Waals surface area contributed by atoms with E-state index in [1.165, 1.54) is 0 Å². The van der Waals surface area contributed by atoms with Crippen molar-refractivity contribution in [3.63, 3.8) is 0 Å². The standard InChI is InChI=1S/C11H17BrO5S2/c1-4-15-10(18)19-7-8(13)16-5-6-17-9(14)11(2,3)12/h4-7H2,1-3H3. The Morgan fingerprint density at radius 2 is 1.79 bits per heavy atom. The molecule has 0 spiro atoms. The minimum atomic E-state index is -0.740. The van der Waals surface area contributed by atoms with E-state index in [4.69, 9.17) is 26.4 Å². The summed E-state index contributed by atoms with van der Waals surface area (Å²) in [4.78, 5) is 22.6. The predicted molar refractivity (Wildman–Crippen MR) is 81.6 cm³/mol. The van der Waals surface area contributed by atoms with Crippen molar-refractivity contribution in [2.45, 2.75) is 25.1 Å². The lowest BCUT2D eigenvalue weighted by Gasteiger charge is -2.14. The third kappa shape index (κ3) is 10.1. The lowest BCUT2D eigenvalue weighted by atomic mass is 10.2. The molecule has 0 radical (unpaired) electrons. The number of hydrogen-bond donors (Lipinski definition) is 0. The van der Waals surface area contributed by atoms with Crippen molar-refractivity contribution >= 4 is 56.2 Å². The Kier molecular flexibility index (Phi) is 9.38. The number of esters is 2. The molecule has 0 rings (SSSR count). The highest BCUT2D eigenvalue weighted by Crippen LogP contribution is 2.17. The summed E-state index contributed by atoms with van der Waals surface area (Å²) < 4.78 is 14.3. The van der Waals surface area contributed by atoms with E-state index in [2.05, 4.69) is 15.9 Å². The van der Waals surface area contributed by atoms with Crippen LogP contribution in [0.25, 0.3) is 0 Å². The van der Waals surface area contributed by atoms with Crippen LogP contribution in [0, 0.1) is 0 Å². The highest BCUT2D eigenvalue weighted by atomic mass is 79.9. The summed E-state index contributed by atoms with van der Waals surface area (Å²) in [5.74, 6) is -0.756. The third-order valence-corrected chi connectivity index (χ3v) is 3.16. The molecule has 0 amide bonds. The van der Waals surface area contributed by atoms with E-state index in [0.29, 0.717) is 11.0 Å². The van der Waals surface area contributed by atoms with Crippen molar-refractivity contribution in [2.75, 3.05) is 25.6 Å². The predicted octanol–water partition coefficient (Wildman–Crippen LogP) is 2.30. The summed E-state index contributed by atoms with van der Waals surface area (Å²) in [7, 11) is 0. The molecule has 0 heterocycles. The molecular weight excluding hydrogens is 356 g/mol. The van der Waals surface area contributed by atoms with Crippen LogP contribution in [0.2, 0.25) is 0 Å². The van der Waals surface area contributed by atoms with Crippen molar-refractivity contribution in [2.24, 2.45) is 0 Å². The van der Waals surface area contributed by atoms with Gasteiger partial charge >= 0.3 is 11.9 Å². The zero-order valence-corrected chi connectivity index (χ0v) is 14.3. The van der Waals surface area contributed by atoms with Crippen LogP contribution >= 0.6 is 39.9 Å². The highest BCUT2D eigenvalue weighted by Gasteiger charge is 2.25. The molecule has 0 atom stereocenters. The molecule has 0 aromatic heterocycles. The number of hydrogen-bond acceptors (Lipinski definition) is 7. The zero-order chi connectivity index (χ0) is 14.9. The van der Waals surface area contributed by atoms with Crippen LogP contribution in [0.4, 0.5) is 0 Å². The molecule has 0 aromatic rings. The van der Waals surface area contributed by atoms with E-state index in [1.807, 2.05) is 6.92 Å². The van der Waals surface area contributed by atoms with Gasteiger partial charge < -0.3 is 14.2 Å². The molecule has 0 saturated heterocycles. The summed E-state index contributed by atoms with van der Waals surface area (Å²) >= 11 is 9.10. The Bertz CT molecular complexity index is 328. The largest absolute Gasteiger partial charge is 0.479 e. The molecule has 0 N–H and O–H groups in total. The molecular formula is C11H17BrO5S2. The van der Waals surface area contributed by atoms with E-state index in [9.17, 15) is 9.59 Å². The Morgan fingerprint density at radius 3 is 2.32 bits per heavy atom. The summed E-state index contributed by atoms with van der Waals surface area (Å²) in [5, 5.41) is 0. The fraction of sp³-hybridized carbons (Fsp3) is 0.727. The molecule has 0 bridgehead atoms. The van der Waals surface area contributed by atoms with Gasteiger partial charge in [0.05, 0.1) is 12.4 Å². The van der Waals surface area contributed by atoms with Gasteiger partial charge in [0.1, 0.15) is 17.5 Å². The second-order valence-corrected chi connectivity index (χ2v) is 7.36. The second kappa shape index (κ2) is 9.55. The molecule has 0 aliphatic rings. The van der Waals surface area contributed by atoms with E-state index in [0.717, 1.165) is 11.8 Å². The Labute approximate surface area is 130 Å². The van der Waals surface area contributed by atoms with E-state index in [-0.39, 0.29) is 19.0 Å². The molecule has 0 unspecified atom stereocenters. The number of thiocarbonyl (C=S) groups is 1. The molecule has 5 nitrogen and oxygen atoms in total. The van der Waals surface area contributed by atoms with Crippen molar-refractivity contribution in [3.05, 3.63) is 0 Å². The van der Waals surface area contributed by atoms with E-state index in [1.54, 1.807) is 13.8 Å². The van der Waals surface area contributed by atoms with Gasteiger partial charge in [0.2, 0.25) is 4.38 Å². The summed E-state index contributed by atoms with van der Waals surface area (Å²) in [6.45, 7) is 5.68. The zero-order valence-electron chi connectivity index (χ0n) is 11.1. The molecule has 0 aliphatic heterocycles. The van der Waals surface area contributed by atoms with Gasteiger partial charge in [-0.2, -0.15) is 0 Å². The Morgan fingerprint density at radius 1 is 1.21 bits per heavy atom. The fourth-order valence-corrected chi connectivity index (χ4v) is 1.71. The SMILES string of the molecule is CCOC(=S)SCC(=O)OCCOC(=O)C(C)(C)Br. The number of rotatable bonds is 7. The number of carbonyl (C=O) groups excluding carboxylic acids is 2. The van der Waals surface area contributed by atoms with Gasteiger partial charge in [-0.3, -0.25) is 9.59 Å². The third-order valence-electron chi connectivity index (χ3n) is 1.63. The smallest absolute Gasteiger partial charge is 0.322 e. The van der Waals surface area contributed by atoms with Crippen LogP contribution in [0.5, 0.6) is 0 Å². The van der Waals surface area contributed by atoms with Crippen LogP contribution in [0.1, 0.15) is 20.8 Å². The van der Waals surface area contributed by atoms with Gasteiger partial charge in [-0.1, -0.05) is 27.7 Å². The minimum Gasteiger partial charge on any atom is -0.479 e. The van der Waals surface area contributed by atoms with Gasteiger partial charge in [-0.25, -0.2) is 0 Å². The van der Waals surface area contributed by atoms with Gasteiger partial charge in [0, 0.05) is 0 Å².